The highest BCUT2D eigenvalue weighted by molar-refractivity contribution is 5.66. The second kappa shape index (κ2) is 6.69. The van der Waals surface area contributed by atoms with E-state index in [9.17, 15) is 4.79 Å². The monoisotopic (exact) mass is 232 g/mol. The van der Waals surface area contributed by atoms with Crippen molar-refractivity contribution in [2.75, 3.05) is 6.61 Å². The van der Waals surface area contributed by atoms with Crippen molar-refractivity contribution < 1.29 is 14.6 Å². The molecule has 17 heavy (non-hydrogen) atoms. The molecule has 0 fully saturated rings. The van der Waals surface area contributed by atoms with Crippen LogP contribution in [0.2, 0.25) is 0 Å². The fourth-order valence-corrected chi connectivity index (χ4v) is 1.30. The van der Waals surface area contributed by atoms with Gasteiger partial charge in [-0.15, -0.1) is 5.73 Å². The van der Waals surface area contributed by atoms with E-state index in [1.807, 2.05) is 30.3 Å². The van der Waals surface area contributed by atoms with Gasteiger partial charge in [0.15, 0.2) is 6.10 Å². The molecule has 3 heteroatoms. The SMILES string of the molecule is CC(=O)OC(CO)C(C)=C=Cc1ccccc1. The van der Waals surface area contributed by atoms with Crippen LogP contribution >= 0.6 is 0 Å². The Bertz CT molecular complexity index is 428. The molecule has 1 atom stereocenters. The summed E-state index contributed by atoms with van der Waals surface area (Å²) in [6.07, 6.45) is 1.18. The second-order valence-electron chi connectivity index (χ2n) is 3.66. The Morgan fingerprint density at radius 1 is 1.41 bits per heavy atom. The van der Waals surface area contributed by atoms with E-state index in [1.54, 1.807) is 13.0 Å². The van der Waals surface area contributed by atoms with E-state index in [0.717, 1.165) is 5.56 Å². The van der Waals surface area contributed by atoms with Crippen LogP contribution < -0.4 is 0 Å². The molecule has 1 unspecified atom stereocenters. The third kappa shape index (κ3) is 4.68. The van der Waals surface area contributed by atoms with Gasteiger partial charge in [-0.2, -0.15) is 0 Å². The zero-order valence-electron chi connectivity index (χ0n) is 10.0. The lowest BCUT2D eigenvalue weighted by atomic mass is 10.1. The molecule has 0 aliphatic carbocycles. The minimum absolute atomic E-state index is 0.235. The smallest absolute Gasteiger partial charge is 0.303 e. The summed E-state index contributed by atoms with van der Waals surface area (Å²) in [5.74, 6) is -0.412. The van der Waals surface area contributed by atoms with Crippen molar-refractivity contribution in [3.05, 3.63) is 47.2 Å². The minimum Gasteiger partial charge on any atom is -0.455 e. The normalized spacial score (nSPS) is 11.2. The van der Waals surface area contributed by atoms with Gasteiger partial charge in [-0.1, -0.05) is 30.3 Å². The summed E-state index contributed by atoms with van der Waals surface area (Å²) >= 11 is 0. The van der Waals surface area contributed by atoms with Crippen molar-refractivity contribution in [1.29, 1.82) is 0 Å². The number of ether oxygens (including phenoxy) is 1. The summed E-state index contributed by atoms with van der Waals surface area (Å²) in [7, 11) is 0. The maximum absolute atomic E-state index is 10.8. The predicted molar refractivity (Wildman–Crippen MR) is 66.2 cm³/mol. The fourth-order valence-electron chi connectivity index (χ4n) is 1.30. The Hall–Kier alpha value is -1.83. The van der Waals surface area contributed by atoms with Crippen LogP contribution in [-0.2, 0) is 9.53 Å². The molecule has 0 aliphatic heterocycles. The third-order valence-corrected chi connectivity index (χ3v) is 2.22. The van der Waals surface area contributed by atoms with Gasteiger partial charge in [0.1, 0.15) is 0 Å². The maximum Gasteiger partial charge on any atom is 0.303 e. The van der Waals surface area contributed by atoms with Crippen LogP contribution in [0.3, 0.4) is 0 Å². The van der Waals surface area contributed by atoms with Crippen LogP contribution in [0.15, 0.2) is 41.6 Å². The lowest BCUT2D eigenvalue weighted by Gasteiger charge is -2.12. The van der Waals surface area contributed by atoms with Gasteiger partial charge < -0.3 is 9.84 Å². The largest absolute Gasteiger partial charge is 0.455 e. The highest BCUT2D eigenvalue weighted by Crippen LogP contribution is 2.07. The molecular formula is C14H16O3. The van der Waals surface area contributed by atoms with Gasteiger partial charge in [-0.3, -0.25) is 4.79 Å². The number of aliphatic hydroxyl groups excluding tert-OH is 1. The average Bonchev–Trinajstić information content (AvgIpc) is 2.34. The summed E-state index contributed by atoms with van der Waals surface area (Å²) < 4.78 is 4.94. The van der Waals surface area contributed by atoms with E-state index in [2.05, 4.69) is 5.73 Å². The van der Waals surface area contributed by atoms with Crippen LogP contribution in [-0.4, -0.2) is 23.8 Å². The number of benzene rings is 1. The zero-order chi connectivity index (χ0) is 12.7. The van der Waals surface area contributed by atoms with Gasteiger partial charge in [0.05, 0.1) is 6.61 Å². The second-order valence-corrected chi connectivity index (χ2v) is 3.66. The molecule has 1 rings (SSSR count). The Balaban J connectivity index is 2.83. The molecule has 1 N–H and O–H groups in total. The highest BCUT2D eigenvalue weighted by Gasteiger charge is 2.11. The molecule has 3 nitrogen and oxygen atoms in total. The maximum atomic E-state index is 10.8. The summed E-state index contributed by atoms with van der Waals surface area (Å²) in [6.45, 7) is 2.85. The number of carbonyl (C=O) groups excluding carboxylic acids is 1. The number of hydrogen-bond donors (Lipinski definition) is 1. The average molecular weight is 232 g/mol. The fraction of sp³-hybridized carbons (Fsp3) is 0.286. The van der Waals surface area contributed by atoms with Crippen molar-refractivity contribution in [3.63, 3.8) is 0 Å². The van der Waals surface area contributed by atoms with Crippen molar-refractivity contribution in [2.45, 2.75) is 20.0 Å². The van der Waals surface area contributed by atoms with Crippen molar-refractivity contribution in [3.8, 4) is 0 Å². The van der Waals surface area contributed by atoms with Gasteiger partial charge in [0.25, 0.3) is 0 Å². The first-order chi connectivity index (χ1) is 8.13. The molecule has 0 aromatic heterocycles. The van der Waals surface area contributed by atoms with E-state index in [0.29, 0.717) is 5.57 Å². The first-order valence-electron chi connectivity index (χ1n) is 5.40. The quantitative estimate of drug-likeness (QED) is 0.639. The van der Waals surface area contributed by atoms with Gasteiger partial charge in [-0.25, -0.2) is 0 Å². The molecule has 1 aromatic carbocycles. The van der Waals surface area contributed by atoms with E-state index >= 15 is 0 Å². The summed E-state index contributed by atoms with van der Waals surface area (Å²) in [5.41, 5.74) is 4.70. The van der Waals surface area contributed by atoms with Crippen LogP contribution in [0.1, 0.15) is 19.4 Å². The molecule has 90 valence electrons. The van der Waals surface area contributed by atoms with E-state index < -0.39 is 12.1 Å². The number of rotatable bonds is 4. The Morgan fingerprint density at radius 3 is 2.59 bits per heavy atom. The molecule has 1 aromatic rings. The van der Waals surface area contributed by atoms with E-state index in [-0.39, 0.29) is 6.61 Å². The van der Waals surface area contributed by atoms with Crippen LogP contribution in [0.4, 0.5) is 0 Å². The molecule has 0 aliphatic rings. The van der Waals surface area contributed by atoms with Crippen LogP contribution in [0.5, 0.6) is 0 Å². The number of esters is 1. The number of hydrogen-bond acceptors (Lipinski definition) is 3. The van der Waals surface area contributed by atoms with Gasteiger partial charge in [0.2, 0.25) is 0 Å². The van der Waals surface area contributed by atoms with Gasteiger partial charge >= 0.3 is 5.97 Å². The third-order valence-electron chi connectivity index (χ3n) is 2.22. The number of carbonyl (C=O) groups is 1. The molecule has 0 spiro atoms. The zero-order valence-corrected chi connectivity index (χ0v) is 10.0. The Kier molecular flexibility index (Phi) is 5.21. The van der Waals surface area contributed by atoms with Gasteiger partial charge in [-0.05, 0) is 18.6 Å². The molecule has 0 saturated carbocycles. The Labute approximate surface area is 101 Å². The first-order valence-corrected chi connectivity index (χ1v) is 5.40. The first kappa shape index (κ1) is 13.2. The van der Waals surface area contributed by atoms with E-state index in [4.69, 9.17) is 9.84 Å². The van der Waals surface area contributed by atoms with Crippen LogP contribution in [0, 0.1) is 0 Å². The lowest BCUT2D eigenvalue weighted by Crippen LogP contribution is -2.21. The molecular weight excluding hydrogens is 216 g/mol. The Morgan fingerprint density at radius 2 is 2.06 bits per heavy atom. The summed E-state index contributed by atoms with van der Waals surface area (Å²) in [6, 6.07) is 9.68. The molecule has 0 bridgehead atoms. The van der Waals surface area contributed by atoms with Crippen molar-refractivity contribution >= 4 is 12.0 Å². The summed E-state index contributed by atoms with van der Waals surface area (Å²) in [4.78, 5) is 10.8. The number of aliphatic hydroxyl groups is 1. The highest BCUT2D eigenvalue weighted by atomic mass is 16.5. The van der Waals surface area contributed by atoms with Crippen LogP contribution in [0.25, 0.3) is 6.08 Å². The van der Waals surface area contributed by atoms with Crippen molar-refractivity contribution in [1.82, 2.24) is 0 Å². The van der Waals surface area contributed by atoms with Crippen molar-refractivity contribution in [2.24, 2.45) is 0 Å². The van der Waals surface area contributed by atoms with E-state index in [1.165, 1.54) is 6.92 Å². The standard InChI is InChI=1S/C14H16O3/c1-11(14(10-15)17-12(2)16)8-9-13-6-4-3-5-7-13/h3-7,9,14-15H,10H2,1-2H3. The molecule has 0 radical (unpaired) electrons. The molecule has 0 saturated heterocycles. The lowest BCUT2D eigenvalue weighted by molar-refractivity contribution is -0.146. The molecule has 0 amide bonds. The molecule has 0 heterocycles. The topological polar surface area (TPSA) is 46.5 Å². The minimum atomic E-state index is -0.618. The van der Waals surface area contributed by atoms with Gasteiger partial charge in [0, 0.05) is 12.5 Å². The predicted octanol–water partition coefficient (Wildman–Crippen LogP) is 2.17. The summed E-state index contributed by atoms with van der Waals surface area (Å²) in [5, 5.41) is 9.09.